The highest BCUT2D eigenvalue weighted by molar-refractivity contribution is 5.79. The number of aromatic hydroxyl groups is 1. The molecule has 3 heteroatoms. The van der Waals surface area contributed by atoms with E-state index in [-0.39, 0.29) is 11.8 Å². The topological polar surface area (TPSA) is 49.3 Å². The largest absolute Gasteiger partial charge is 0.508 e. The number of hydrogen-bond donors (Lipinski definition) is 2. The Labute approximate surface area is 95.5 Å². The lowest BCUT2D eigenvalue weighted by molar-refractivity contribution is -0.127. The van der Waals surface area contributed by atoms with Gasteiger partial charge in [-0.3, -0.25) is 4.79 Å². The van der Waals surface area contributed by atoms with Crippen LogP contribution in [0.15, 0.2) is 24.3 Å². The molecule has 1 aliphatic rings. The van der Waals surface area contributed by atoms with Crippen LogP contribution in [0.2, 0.25) is 0 Å². The molecular weight excluding hydrogens is 202 g/mol. The highest BCUT2D eigenvalue weighted by atomic mass is 16.3. The van der Waals surface area contributed by atoms with Crippen LogP contribution >= 0.6 is 0 Å². The summed E-state index contributed by atoms with van der Waals surface area (Å²) in [6.07, 6.45) is 3.92. The van der Waals surface area contributed by atoms with Crippen molar-refractivity contribution in [3.63, 3.8) is 0 Å². The molecule has 0 atom stereocenters. The third-order valence-electron chi connectivity index (χ3n) is 3.16. The molecule has 1 fully saturated rings. The molecule has 1 aromatic carbocycles. The van der Waals surface area contributed by atoms with Crippen molar-refractivity contribution in [1.29, 1.82) is 0 Å². The summed E-state index contributed by atoms with van der Waals surface area (Å²) in [4.78, 5) is 11.5. The average molecular weight is 219 g/mol. The number of phenols is 1. The number of amides is 1. The summed E-state index contributed by atoms with van der Waals surface area (Å²) < 4.78 is 0. The number of para-hydroxylation sites is 1. The fourth-order valence-corrected chi connectivity index (χ4v) is 1.86. The minimum atomic E-state index is 0.168. The van der Waals surface area contributed by atoms with E-state index in [0.29, 0.717) is 18.7 Å². The predicted molar refractivity (Wildman–Crippen MR) is 62.2 cm³/mol. The zero-order valence-electron chi connectivity index (χ0n) is 9.28. The zero-order chi connectivity index (χ0) is 11.4. The third kappa shape index (κ3) is 2.54. The molecule has 16 heavy (non-hydrogen) atoms. The maximum atomic E-state index is 11.5. The standard InChI is InChI=1S/C13H17NO2/c15-12-7-2-1-4-10(12)8-9-14-13(16)11-5-3-6-11/h1-2,4,7,11,15H,3,5-6,8-9H2,(H,14,16). The molecule has 1 saturated carbocycles. The first-order valence-electron chi connectivity index (χ1n) is 5.82. The van der Waals surface area contributed by atoms with Crippen LogP contribution in [0, 0.1) is 5.92 Å². The first kappa shape index (κ1) is 11.0. The number of phenolic OH excluding ortho intramolecular Hbond substituents is 1. The number of hydrogen-bond acceptors (Lipinski definition) is 2. The second-order valence-corrected chi connectivity index (χ2v) is 4.30. The number of carbonyl (C=O) groups is 1. The quantitative estimate of drug-likeness (QED) is 0.812. The van der Waals surface area contributed by atoms with Crippen LogP contribution in [0.1, 0.15) is 24.8 Å². The van der Waals surface area contributed by atoms with Gasteiger partial charge in [0, 0.05) is 12.5 Å². The van der Waals surface area contributed by atoms with Crippen LogP contribution < -0.4 is 5.32 Å². The summed E-state index contributed by atoms with van der Waals surface area (Å²) in [6.45, 7) is 0.604. The molecule has 0 aromatic heterocycles. The smallest absolute Gasteiger partial charge is 0.223 e. The summed E-state index contributed by atoms with van der Waals surface area (Å²) >= 11 is 0. The van der Waals surface area contributed by atoms with Gasteiger partial charge in [0.05, 0.1) is 0 Å². The molecule has 0 bridgehead atoms. The van der Waals surface area contributed by atoms with Gasteiger partial charge in [-0.05, 0) is 30.9 Å². The lowest BCUT2D eigenvalue weighted by atomic mass is 9.85. The van der Waals surface area contributed by atoms with Gasteiger partial charge in [-0.2, -0.15) is 0 Å². The van der Waals surface area contributed by atoms with E-state index in [4.69, 9.17) is 0 Å². The molecule has 1 aromatic rings. The summed E-state index contributed by atoms with van der Waals surface area (Å²) in [5.41, 5.74) is 0.886. The Morgan fingerprint density at radius 2 is 2.12 bits per heavy atom. The second kappa shape index (κ2) is 5.01. The Balaban J connectivity index is 1.75. The summed E-state index contributed by atoms with van der Waals surface area (Å²) in [6, 6.07) is 7.24. The van der Waals surface area contributed by atoms with E-state index in [2.05, 4.69) is 5.32 Å². The first-order chi connectivity index (χ1) is 7.77. The Morgan fingerprint density at radius 1 is 1.38 bits per heavy atom. The second-order valence-electron chi connectivity index (χ2n) is 4.30. The molecule has 2 rings (SSSR count). The van der Waals surface area contributed by atoms with E-state index in [9.17, 15) is 9.90 Å². The van der Waals surface area contributed by atoms with Crippen LogP contribution in [0.5, 0.6) is 5.75 Å². The van der Waals surface area contributed by atoms with Crippen LogP contribution in [-0.4, -0.2) is 17.6 Å². The molecule has 0 spiro atoms. The van der Waals surface area contributed by atoms with E-state index in [1.54, 1.807) is 12.1 Å². The predicted octanol–water partition coefficient (Wildman–Crippen LogP) is 1.85. The van der Waals surface area contributed by atoms with E-state index in [0.717, 1.165) is 18.4 Å². The maximum Gasteiger partial charge on any atom is 0.223 e. The highest BCUT2D eigenvalue weighted by Gasteiger charge is 2.24. The third-order valence-corrected chi connectivity index (χ3v) is 3.16. The molecule has 1 aliphatic carbocycles. The lowest BCUT2D eigenvalue weighted by Gasteiger charge is -2.24. The van der Waals surface area contributed by atoms with Crippen LogP contribution in [0.25, 0.3) is 0 Å². The molecule has 0 heterocycles. The van der Waals surface area contributed by atoms with Crippen molar-refractivity contribution in [1.82, 2.24) is 5.32 Å². The van der Waals surface area contributed by atoms with Crippen LogP contribution in [0.3, 0.4) is 0 Å². The van der Waals surface area contributed by atoms with Gasteiger partial charge in [0.15, 0.2) is 0 Å². The number of nitrogens with one attached hydrogen (secondary N) is 1. The van der Waals surface area contributed by atoms with Crippen molar-refractivity contribution in [2.45, 2.75) is 25.7 Å². The minimum Gasteiger partial charge on any atom is -0.508 e. The van der Waals surface area contributed by atoms with Gasteiger partial charge in [0.2, 0.25) is 5.91 Å². The van der Waals surface area contributed by atoms with Gasteiger partial charge in [-0.1, -0.05) is 24.6 Å². The number of rotatable bonds is 4. The minimum absolute atomic E-state index is 0.168. The molecule has 1 amide bonds. The van der Waals surface area contributed by atoms with Crippen LogP contribution in [-0.2, 0) is 11.2 Å². The summed E-state index contributed by atoms with van der Waals surface area (Å²) in [7, 11) is 0. The fourth-order valence-electron chi connectivity index (χ4n) is 1.86. The van der Waals surface area contributed by atoms with E-state index in [1.165, 1.54) is 6.42 Å². The van der Waals surface area contributed by atoms with E-state index < -0.39 is 0 Å². The molecule has 0 radical (unpaired) electrons. The molecular formula is C13H17NO2. The maximum absolute atomic E-state index is 11.5. The highest BCUT2D eigenvalue weighted by Crippen LogP contribution is 2.26. The van der Waals surface area contributed by atoms with Gasteiger partial charge < -0.3 is 10.4 Å². The fraction of sp³-hybridized carbons (Fsp3) is 0.462. The Bertz CT molecular complexity index is 372. The molecule has 86 valence electrons. The Kier molecular flexibility index (Phi) is 3.44. The normalized spacial score (nSPS) is 15.5. The molecule has 0 unspecified atom stereocenters. The molecule has 2 N–H and O–H groups in total. The van der Waals surface area contributed by atoms with Crippen molar-refractivity contribution in [2.24, 2.45) is 5.92 Å². The molecule has 0 aliphatic heterocycles. The molecule has 3 nitrogen and oxygen atoms in total. The number of benzene rings is 1. The SMILES string of the molecule is O=C(NCCc1ccccc1O)C1CCC1. The Morgan fingerprint density at radius 3 is 2.75 bits per heavy atom. The average Bonchev–Trinajstić information content (AvgIpc) is 2.18. The van der Waals surface area contributed by atoms with E-state index in [1.807, 2.05) is 12.1 Å². The zero-order valence-corrected chi connectivity index (χ0v) is 9.28. The Hall–Kier alpha value is -1.51. The summed E-state index contributed by atoms with van der Waals surface area (Å²) in [5.74, 6) is 0.714. The van der Waals surface area contributed by atoms with Gasteiger partial charge in [0.1, 0.15) is 5.75 Å². The number of carbonyl (C=O) groups excluding carboxylic acids is 1. The summed E-state index contributed by atoms with van der Waals surface area (Å²) in [5, 5.41) is 12.4. The molecule has 0 saturated heterocycles. The van der Waals surface area contributed by atoms with Gasteiger partial charge in [-0.15, -0.1) is 0 Å². The van der Waals surface area contributed by atoms with Crippen molar-refractivity contribution in [3.8, 4) is 5.75 Å². The van der Waals surface area contributed by atoms with Gasteiger partial charge in [-0.25, -0.2) is 0 Å². The van der Waals surface area contributed by atoms with Crippen molar-refractivity contribution < 1.29 is 9.90 Å². The van der Waals surface area contributed by atoms with Gasteiger partial charge in [0.25, 0.3) is 0 Å². The van der Waals surface area contributed by atoms with Gasteiger partial charge >= 0.3 is 0 Å². The first-order valence-corrected chi connectivity index (χ1v) is 5.82. The van der Waals surface area contributed by atoms with Crippen molar-refractivity contribution in [3.05, 3.63) is 29.8 Å². The van der Waals surface area contributed by atoms with Crippen molar-refractivity contribution in [2.75, 3.05) is 6.54 Å². The van der Waals surface area contributed by atoms with E-state index >= 15 is 0 Å². The monoisotopic (exact) mass is 219 g/mol. The van der Waals surface area contributed by atoms with Crippen LogP contribution in [0.4, 0.5) is 0 Å². The van der Waals surface area contributed by atoms with Crippen molar-refractivity contribution >= 4 is 5.91 Å². The lowest BCUT2D eigenvalue weighted by Crippen LogP contribution is -2.35.